The van der Waals surface area contributed by atoms with Gasteiger partial charge in [-0.2, -0.15) is 0 Å². The van der Waals surface area contributed by atoms with E-state index in [1.165, 1.54) is 30.3 Å². The molecule has 2 aromatic carbocycles. The van der Waals surface area contributed by atoms with Crippen molar-refractivity contribution in [2.45, 2.75) is 0 Å². The van der Waals surface area contributed by atoms with E-state index in [4.69, 9.17) is 0 Å². The zero-order valence-corrected chi connectivity index (χ0v) is 11.7. The number of hydrogen-bond donors (Lipinski definition) is 3. The molecule has 3 N–H and O–H groups in total. The SMILES string of the molecule is O=C(NCCNC(=O)c1ccccc1O)c1cccc(F)c1. The molecule has 0 aliphatic rings. The Kier molecular flexibility index (Phi) is 5.08. The van der Waals surface area contributed by atoms with Gasteiger partial charge < -0.3 is 15.7 Å². The Morgan fingerprint density at radius 1 is 0.955 bits per heavy atom. The molecule has 114 valence electrons. The number of hydrogen-bond acceptors (Lipinski definition) is 3. The number of rotatable bonds is 5. The normalized spacial score (nSPS) is 10.0. The Labute approximate surface area is 126 Å². The molecule has 0 unspecified atom stereocenters. The van der Waals surface area contributed by atoms with E-state index in [9.17, 15) is 19.1 Å². The maximum Gasteiger partial charge on any atom is 0.255 e. The summed E-state index contributed by atoms with van der Waals surface area (Å²) in [7, 11) is 0. The molecule has 0 atom stereocenters. The second-order valence-electron chi connectivity index (χ2n) is 4.54. The first-order valence-corrected chi connectivity index (χ1v) is 6.68. The van der Waals surface area contributed by atoms with Crippen molar-refractivity contribution in [2.24, 2.45) is 0 Å². The molecule has 0 aliphatic carbocycles. The maximum absolute atomic E-state index is 13.0. The Hall–Kier alpha value is -2.89. The zero-order valence-electron chi connectivity index (χ0n) is 11.7. The van der Waals surface area contributed by atoms with Crippen LogP contribution in [0.3, 0.4) is 0 Å². The van der Waals surface area contributed by atoms with Gasteiger partial charge in [0.15, 0.2) is 0 Å². The second kappa shape index (κ2) is 7.21. The van der Waals surface area contributed by atoms with Gasteiger partial charge >= 0.3 is 0 Å². The highest BCUT2D eigenvalue weighted by Gasteiger charge is 2.10. The minimum Gasteiger partial charge on any atom is -0.507 e. The predicted molar refractivity (Wildman–Crippen MR) is 79.2 cm³/mol. The summed E-state index contributed by atoms with van der Waals surface area (Å²) in [6.07, 6.45) is 0. The molecule has 2 aromatic rings. The van der Waals surface area contributed by atoms with Crippen LogP contribution < -0.4 is 10.6 Å². The summed E-state index contributed by atoms with van der Waals surface area (Å²) in [6.45, 7) is 0.378. The van der Waals surface area contributed by atoms with Gasteiger partial charge in [0.2, 0.25) is 0 Å². The topological polar surface area (TPSA) is 78.4 Å². The average molecular weight is 302 g/mol. The number of amides is 2. The summed E-state index contributed by atoms with van der Waals surface area (Å²) >= 11 is 0. The lowest BCUT2D eigenvalue weighted by molar-refractivity contribution is 0.0926. The maximum atomic E-state index is 13.0. The average Bonchev–Trinajstić information content (AvgIpc) is 2.51. The molecule has 0 saturated heterocycles. The number of nitrogens with one attached hydrogen (secondary N) is 2. The predicted octanol–water partition coefficient (Wildman–Crippen LogP) is 1.69. The third-order valence-corrected chi connectivity index (χ3v) is 2.93. The quantitative estimate of drug-likeness (QED) is 0.735. The highest BCUT2D eigenvalue weighted by molar-refractivity contribution is 5.97. The number of carbonyl (C=O) groups excluding carboxylic acids is 2. The van der Waals surface area contributed by atoms with Crippen molar-refractivity contribution in [3.8, 4) is 5.75 Å². The van der Waals surface area contributed by atoms with Gasteiger partial charge in [-0.05, 0) is 30.3 Å². The van der Waals surface area contributed by atoms with Gasteiger partial charge in [0.25, 0.3) is 11.8 Å². The number of carbonyl (C=O) groups is 2. The van der Waals surface area contributed by atoms with E-state index in [0.717, 1.165) is 6.07 Å². The van der Waals surface area contributed by atoms with Crippen LogP contribution in [0.4, 0.5) is 4.39 Å². The minimum atomic E-state index is -0.486. The zero-order chi connectivity index (χ0) is 15.9. The second-order valence-corrected chi connectivity index (χ2v) is 4.54. The van der Waals surface area contributed by atoms with Crippen LogP contribution in [-0.2, 0) is 0 Å². The van der Waals surface area contributed by atoms with E-state index in [1.807, 2.05) is 0 Å². The molecule has 0 aromatic heterocycles. The Morgan fingerprint density at radius 3 is 2.32 bits per heavy atom. The third kappa shape index (κ3) is 4.05. The van der Waals surface area contributed by atoms with E-state index in [0.29, 0.717) is 0 Å². The van der Waals surface area contributed by atoms with E-state index in [2.05, 4.69) is 10.6 Å². The van der Waals surface area contributed by atoms with Crippen molar-refractivity contribution in [1.29, 1.82) is 0 Å². The highest BCUT2D eigenvalue weighted by atomic mass is 19.1. The molecule has 0 heterocycles. The van der Waals surface area contributed by atoms with Crippen LogP contribution in [0, 0.1) is 5.82 Å². The summed E-state index contributed by atoms with van der Waals surface area (Å²) in [4.78, 5) is 23.5. The summed E-state index contributed by atoms with van der Waals surface area (Å²) in [6, 6.07) is 11.5. The molecule has 0 spiro atoms. The van der Waals surface area contributed by atoms with Crippen molar-refractivity contribution in [3.63, 3.8) is 0 Å². The fraction of sp³-hybridized carbons (Fsp3) is 0.125. The lowest BCUT2D eigenvalue weighted by Crippen LogP contribution is -2.34. The summed E-state index contributed by atoms with van der Waals surface area (Å²) in [5, 5.41) is 14.7. The van der Waals surface area contributed by atoms with Crippen LogP contribution in [-0.4, -0.2) is 30.0 Å². The summed E-state index contributed by atoms with van der Waals surface area (Å²) in [5.41, 5.74) is 0.381. The number of aromatic hydroxyl groups is 1. The van der Waals surface area contributed by atoms with E-state index in [-0.39, 0.29) is 30.0 Å². The van der Waals surface area contributed by atoms with Gasteiger partial charge in [-0.3, -0.25) is 9.59 Å². The molecular weight excluding hydrogens is 287 g/mol. The monoisotopic (exact) mass is 302 g/mol. The summed E-state index contributed by atoms with van der Waals surface area (Å²) in [5.74, 6) is -1.45. The minimum absolute atomic E-state index is 0.108. The summed E-state index contributed by atoms with van der Waals surface area (Å²) < 4.78 is 13.0. The molecule has 5 nitrogen and oxygen atoms in total. The molecule has 0 fully saturated rings. The first-order chi connectivity index (χ1) is 10.6. The lowest BCUT2D eigenvalue weighted by atomic mass is 10.2. The largest absolute Gasteiger partial charge is 0.507 e. The number of para-hydroxylation sites is 1. The fourth-order valence-electron chi connectivity index (χ4n) is 1.84. The number of benzene rings is 2. The van der Waals surface area contributed by atoms with Gasteiger partial charge in [0.05, 0.1) is 5.56 Å². The van der Waals surface area contributed by atoms with Crippen molar-refractivity contribution >= 4 is 11.8 Å². The highest BCUT2D eigenvalue weighted by Crippen LogP contribution is 2.14. The Morgan fingerprint density at radius 2 is 1.64 bits per heavy atom. The van der Waals surface area contributed by atoms with Gasteiger partial charge in [-0.1, -0.05) is 18.2 Å². The van der Waals surface area contributed by atoms with Crippen molar-refractivity contribution < 1.29 is 19.1 Å². The van der Waals surface area contributed by atoms with E-state index >= 15 is 0 Å². The van der Waals surface area contributed by atoms with Crippen molar-refractivity contribution in [3.05, 3.63) is 65.5 Å². The molecule has 22 heavy (non-hydrogen) atoms. The molecule has 2 rings (SSSR count). The van der Waals surface area contributed by atoms with Crippen LogP contribution >= 0.6 is 0 Å². The van der Waals surface area contributed by atoms with Crippen LogP contribution in [0.15, 0.2) is 48.5 Å². The van der Waals surface area contributed by atoms with E-state index < -0.39 is 17.6 Å². The molecule has 0 bridgehead atoms. The standard InChI is InChI=1S/C16H15FN2O3/c17-12-5-3-4-11(10-12)15(21)18-8-9-19-16(22)13-6-1-2-7-14(13)20/h1-7,10,20H,8-9H2,(H,18,21)(H,19,22). The van der Waals surface area contributed by atoms with Crippen molar-refractivity contribution in [1.82, 2.24) is 10.6 Å². The number of phenolic OH excluding ortho intramolecular Hbond substituents is 1. The van der Waals surface area contributed by atoms with Crippen LogP contribution in [0.2, 0.25) is 0 Å². The molecule has 2 amide bonds. The number of halogens is 1. The Bertz CT molecular complexity index is 689. The fourth-order valence-corrected chi connectivity index (χ4v) is 1.84. The van der Waals surface area contributed by atoms with Crippen LogP contribution in [0.1, 0.15) is 20.7 Å². The van der Waals surface area contributed by atoms with Gasteiger partial charge in [0, 0.05) is 18.7 Å². The smallest absolute Gasteiger partial charge is 0.255 e. The molecular formula is C16H15FN2O3. The first kappa shape index (κ1) is 15.5. The van der Waals surface area contributed by atoms with Crippen molar-refractivity contribution in [2.75, 3.05) is 13.1 Å². The third-order valence-electron chi connectivity index (χ3n) is 2.93. The molecule has 0 radical (unpaired) electrons. The number of phenols is 1. The van der Waals surface area contributed by atoms with Crippen LogP contribution in [0.25, 0.3) is 0 Å². The van der Waals surface area contributed by atoms with Gasteiger partial charge in [-0.15, -0.1) is 0 Å². The first-order valence-electron chi connectivity index (χ1n) is 6.68. The van der Waals surface area contributed by atoms with Crippen LogP contribution in [0.5, 0.6) is 5.75 Å². The van der Waals surface area contributed by atoms with Gasteiger partial charge in [-0.25, -0.2) is 4.39 Å². The molecule has 0 aliphatic heterocycles. The molecule has 0 saturated carbocycles. The van der Waals surface area contributed by atoms with E-state index in [1.54, 1.807) is 12.1 Å². The lowest BCUT2D eigenvalue weighted by Gasteiger charge is -2.08. The molecule has 6 heteroatoms. The Balaban J connectivity index is 1.79. The van der Waals surface area contributed by atoms with Gasteiger partial charge in [0.1, 0.15) is 11.6 Å².